The minimum absolute atomic E-state index is 0.282. The van der Waals surface area contributed by atoms with Crippen LogP contribution in [0.4, 0.5) is 0 Å². The molecule has 116 valence electrons. The molecule has 0 unspecified atom stereocenters. The predicted octanol–water partition coefficient (Wildman–Crippen LogP) is 2.10. The molecule has 0 saturated heterocycles. The third-order valence-electron chi connectivity index (χ3n) is 3.09. The zero-order valence-electron chi connectivity index (χ0n) is 11.9. The Hall–Kier alpha value is -2.18. The average Bonchev–Trinajstić information content (AvgIpc) is 2.47. The van der Waals surface area contributed by atoms with Gasteiger partial charge in [0.2, 0.25) is 5.91 Å². The highest BCUT2D eigenvalue weighted by molar-refractivity contribution is 7.86. The first kappa shape index (κ1) is 16.2. The van der Waals surface area contributed by atoms with Crippen LogP contribution in [0.5, 0.6) is 0 Å². The molecule has 6 heteroatoms. The summed E-state index contributed by atoms with van der Waals surface area (Å²) < 4.78 is 30.8. The first-order valence-corrected chi connectivity index (χ1v) is 8.36. The van der Waals surface area contributed by atoms with E-state index in [1.807, 2.05) is 60.7 Å². The summed E-state index contributed by atoms with van der Waals surface area (Å²) in [6.45, 7) is 0.564. The molecule has 5 nitrogen and oxygen atoms in total. The molecule has 0 spiro atoms. The van der Waals surface area contributed by atoms with Crippen LogP contribution in [0.1, 0.15) is 11.1 Å². The van der Waals surface area contributed by atoms with Gasteiger partial charge in [0.25, 0.3) is 10.1 Å². The monoisotopic (exact) mass is 319 g/mol. The van der Waals surface area contributed by atoms with E-state index in [4.69, 9.17) is 4.55 Å². The Kier molecular flexibility index (Phi) is 5.30. The fraction of sp³-hybridized carbons (Fsp3) is 0.188. The molecule has 0 fully saturated rings. The molecule has 0 aliphatic heterocycles. The first-order valence-electron chi connectivity index (χ1n) is 6.75. The van der Waals surface area contributed by atoms with Gasteiger partial charge in [-0.2, -0.15) is 8.42 Å². The molecule has 0 bridgehead atoms. The molecule has 0 radical (unpaired) electrons. The molecule has 2 aromatic carbocycles. The Morgan fingerprint density at radius 3 is 1.64 bits per heavy atom. The third kappa shape index (κ3) is 5.31. The summed E-state index contributed by atoms with van der Waals surface area (Å²) in [6, 6.07) is 18.6. The van der Waals surface area contributed by atoms with E-state index in [1.165, 1.54) is 4.90 Å². The largest absolute Gasteiger partial charge is 0.333 e. The Morgan fingerprint density at radius 2 is 1.27 bits per heavy atom. The van der Waals surface area contributed by atoms with Crippen LogP contribution in [0, 0.1) is 0 Å². The van der Waals surface area contributed by atoms with Crippen LogP contribution in [0.15, 0.2) is 60.7 Å². The number of amides is 1. The van der Waals surface area contributed by atoms with Crippen LogP contribution < -0.4 is 0 Å². The van der Waals surface area contributed by atoms with Crippen molar-refractivity contribution in [3.8, 4) is 0 Å². The zero-order valence-corrected chi connectivity index (χ0v) is 12.7. The number of rotatable bonds is 6. The normalized spacial score (nSPS) is 11.1. The summed E-state index contributed by atoms with van der Waals surface area (Å²) in [5.74, 6) is -1.54. The minimum atomic E-state index is -4.34. The lowest BCUT2D eigenvalue weighted by Crippen LogP contribution is -2.34. The minimum Gasteiger partial charge on any atom is -0.333 e. The number of benzene rings is 2. The summed E-state index contributed by atoms with van der Waals surface area (Å²) >= 11 is 0. The lowest BCUT2D eigenvalue weighted by atomic mass is 10.1. The number of nitrogens with zero attached hydrogens (tertiary/aromatic N) is 1. The van der Waals surface area contributed by atoms with Crippen LogP contribution in [-0.4, -0.2) is 29.5 Å². The van der Waals surface area contributed by atoms with Gasteiger partial charge in [0, 0.05) is 13.1 Å². The van der Waals surface area contributed by atoms with Crippen molar-refractivity contribution >= 4 is 16.0 Å². The molecule has 1 amide bonds. The number of hydrogen-bond donors (Lipinski definition) is 1. The Balaban J connectivity index is 2.18. The van der Waals surface area contributed by atoms with E-state index in [1.54, 1.807) is 0 Å². The van der Waals surface area contributed by atoms with Gasteiger partial charge in [-0.05, 0) is 11.1 Å². The highest BCUT2D eigenvalue weighted by atomic mass is 32.2. The van der Waals surface area contributed by atoms with Gasteiger partial charge in [-0.3, -0.25) is 9.35 Å². The molecular formula is C16H17NO4S. The van der Waals surface area contributed by atoms with Crippen molar-refractivity contribution in [2.24, 2.45) is 0 Å². The fourth-order valence-corrected chi connectivity index (χ4v) is 2.58. The van der Waals surface area contributed by atoms with Crippen molar-refractivity contribution in [2.45, 2.75) is 13.1 Å². The Labute approximate surface area is 129 Å². The average molecular weight is 319 g/mol. The van der Waals surface area contributed by atoms with Gasteiger partial charge < -0.3 is 4.90 Å². The van der Waals surface area contributed by atoms with Gasteiger partial charge >= 0.3 is 0 Å². The molecule has 2 rings (SSSR count). The van der Waals surface area contributed by atoms with E-state index in [2.05, 4.69) is 0 Å². The van der Waals surface area contributed by atoms with E-state index < -0.39 is 21.8 Å². The number of hydrogen-bond acceptors (Lipinski definition) is 3. The van der Waals surface area contributed by atoms with E-state index in [0.29, 0.717) is 0 Å². The highest BCUT2D eigenvalue weighted by Gasteiger charge is 2.20. The van der Waals surface area contributed by atoms with Crippen molar-refractivity contribution < 1.29 is 17.8 Å². The lowest BCUT2D eigenvalue weighted by Gasteiger charge is -2.22. The van der Waals surface area contributed by atoms with Gasteiger partial charge in [-0.1, -0.05) is 60.7 Å². The zero-order chi connectivity index (χ0) is 16.0. The van der Waals surface area contributed by atoms with Crippen LogP contribution >= 0.6 is 0 Å². The predicted molar refractivity (Wildman–Crippen MR) is 83.6 cm³/mol. The highest BCUT2D eigenvalue weighted by Crippen LogP contribution is 2.11. The maximum Gasteiger partial charge on any atom is 0.274 e. The standard InChI is InChI=1S/C16H17NO4S/c18-16(13-22(19,20)21)17(11-14-7-3-1-4-8-14)12-15-9-5-2-6-10-15/h1-10H,11-13H2,(H,19,20,21). The maximum atomic E-state index is 12.2. The van der Waals surface area contributed by atoms with Crippen LogP contribution in [-0.2, 0) is 28.0 Å². The van der Waals surface area contributed by atoms with E-state index in [-0.39, 0.29) is 13.1 Å². The van der Waals surface area contributed by atoms with Gasteiger partial charge in [0.1, 0.15) is 0 Å². The van der Waals surface area contributed by atoms with Crippen LogP contribution in [0.2, 0.25) is 0 Å². The molecule has 1 N–H and O–H groups in total. The van der Waals surface area contributed by atoms with E-state index in [9.17, 15) is 13.2 Å². The summed E-state index contributed by atoms with van der Waals surface area (Å²) in [5, 5.41) is 0. The maximum absolute atomic E-state index is 12.2. The van der Waals surface area contributed by atoms with Gasteiger partial charge in [0.05, 0.1) is 0 Å². The molecule has 0 atom stereocenters. The van der Waals surface area contributed by atoms with Crippen molar-refractivity contribution in [2.75, 3.05) is 5.75 Å². The number of carbonyl (C=O) groups is 1. The third-order valence-corrected chi connectivity index (χ3v) is 3.70. The van der Waals surface area contributed by atoms with Crippen molar-refractivity contribution in [3.05, 3.63) is 71.8 Å². The lowest BCUT2D eigenvalue weighted by molar-refractivity contribution is -0.129. The Morgan fingerprint density at radius 1 is 0.864 bits per heavy atom. The van der Waals surface area contributed by atoms with Crippen LogP contribution in [0.3, 0.4) is 0 Å². The second-order valence-corrected chi connectivity index (χ2v) is 6.40. The summed E-state index contributed by atoms with van der Waals surface area (Å²) in [7, 11) is -4.34. The van der Waals surface area contributed by atoms with Gasteiger partial charge in [0.15, 0.2) is 5.75 Å². The van der Waals surface area contributed by atoms with Crippen molar-refractivity contribution in [3.63, 3.8) is 0 Å². The van der Waals surface area contributed by atoms with Gasteiger partial charge in [-0.25, -0.2) is 0 Å². The number of carbonyl (C=O) groups excluding carboxylic acids is 1. The first-order chi connectivity index (χ1) is 10.4. The second-order valence-electron chi connectivity index (χ2n) is 4.95. The van der Waals surface area contributed by atoms with Crippen LogP contribution in [0.25, 0.3) is 0 Å². The quantitative estimate of drug-likeness (QED) is 0.828. The second kappa shape index (κ2) is 7.20. The smallest absolute Gasteiger partial charge is 0.274 e. The van der Waals surface area contributed by atoms with Gasteiger partial charge in [-0.15, -0.1) is 0 Å². The molecule has 0 aliphatic carbocycles. The molecule has 0 saturated carbocycles. The fourth-order valence-electron chi connectivity index (χ4n) is 2.09. The molecule has 0 aliphatic rings. The SMILES string of the molecule is O=C(CS(=O)(=O)O)N(Cc1ccccc1)Cc1ccccc1. The molecule has 0 aromatic heterocycles. The summed E-state index contributed by atoms with van der Waals surface area (Å²) in [4.78, 5) is 13.6. The topological polar surface area (TPSA) is 74.7 Å². The van der Waals surface area contributed by atoms with Crippen molar-refractivity contribution in [1.82, 2.24) is 4.90 Å². The summed E-state index contributed by atoms with van der Waals surface area (Å²) in [6.07, 6.45) is 0. The molecule has 0 heterocycles. The molecule has 2 aromatic rings. The molecule has 22 heavy (non-hydrogen) atoms. The molecular weight excluding hydrogens is 302 g/mol. The Bertz CT molecular complexity index is 673. The van der Waals surface area contributed by atoms with E-state index in [0.717, 1.165) is 11.1 Å². The van der Waals surface area contributed by atoms with E-state index >= 15 is 0 Å². The van der Waals surface area contributed by atoms with Crippen molar-refractivity contribution in [1.29, 1.82) is 0 Å². The summed E-state index contributed by atoms with van der Waals surface area (Å²) in [5.41, 5.74) is 1.78.